The van der Waals surface area contributed by atoms with E-state index in [-0.39, 0.29) is 0 Å². The van der Waals surface area contributed by atoms with Crippen LogP contribution in [-0.4, -0.2) is 24.9 Å². The normalized spacial score (nSPS) is 9.89. The van der Waals surface area contributed by atoms with E-state index in [2.05, 4.69) is 22.3 Å². The van der Waals surface area contributed by atoms with Gasteiger partial charge in [-0.05, 0) is 0 Å². The maximum atomic E-state index is 3.93. The third-order valence-electron chi connectivity index (χ3n) is 0.971. The van der Waals surface area contributed by atoms with Crippen molar-refractivity contribution in [3.63, 3.8) is 0 Å². The van der Waals surface area contributed by atoms with Gasteiger partial charge in [-0.25, -0.2) is 0 Å². The molecule has 0 aliphatic rings. The molecule has 0 atom stereocenters. The summed E-state index contributed by atoms with van der Waals surface area (Å²) >= 11 is 0. The molecule has 0 aromatic carbocycles. The second kappa shape index (κ2) is 3.40. The van der Waals surface area contributed by atoms with Crippen LogP contribution in [-0.2, 0) is 0 Å². The predicted molar refractivity (Wildman–Crippen MR) is 36.9 cm³/mol. The fourth-order valence-corrected chi connectivity index (χ4v) is 1.33. The van der Waals surface area contributed by atoms with Gasteiger partial charge < -0.3 is 0 Å². The van der Waals surface area contributed by atoms with E-state index in [1.54, 1.807) is 6.20 Å². The van der Waals surface area contributed by atoms with E-state index in [1.165, 1.54) is 12.5 Å². The summed E-state index contributed by atoms with van der Waals surface area (Å²) in [5, 5.41) is 11.3. The monoisotopic (exact) mass is 139 g/mol. The van der Waals surface area contributed by atoms with Crippen molar-refractivity contribution in [1.82, 2.24) is 15.4 Å². The topological polar surface area (TPSA) is 41.6 Å². The summed E-state index contributed by atoms with van der Waals surface area (Å²) in [6.45, 7) is 2.17. The molecule has 4 heteroatoms. The van der Waals surface area contributed by atoms with Gasteiger partial charge in [0, 0.05) is 0 Å². The van der Waals surface area contributed by atoms with E-state index in [4.69, 9.17) is 0 Å². The predicted octanol–water partition coefficient (Wildman–Crippen LogP) is -0.0375. The average Bonchev–Trinajstić information content (AvgIpc) is 2.34. The summed E-state index contributed by atoms with van der Waals surface area (Å²) in [7, 11) is 0.824. The van der Waals surface area contributed by atoms with Crippen molar-refractivity contribution in [2.45, 2.75) is 19.4 Å². The number of nitrogens with one attached hydrogen (secondary N) is 1. The van der Waals surface area contributed by atoms with E-state index in [0.29, 0.717) is 0 Å². The lowest BCUT2D eigenvalue weighted by molar-refractivity contribution is 0.945. The second-order valence-corrected chi connectivity index (χ2v) is 3.15. The molecular formula is C5H9N3Si. The Morgan fingerprint density at radius 2 is 2.67 bits per heavy atom. The van der Waals surface area contributed by atoms with Crippen LogP contribution in [0, 0.1) is 0 Å². The first-order valence-electron chi connectivity index (χ1n) is 3.03. The van der Waals surface area contributed by atoms with Gasteiger partial charge in [-0.3, -0.25) is 0 Å². The Hall–Kier alpha value is -0.643. The van der Waals surface area contributed by atoms with E-state index in [1.807, 2.05) is 0 Å². The Bertz CT molecular complexity index is 149. The minimum atomic E-state index is 0.824. The molecule has 1 aromatic rings. The lowest BCUT2D eigenvalue weighted by Crippen LogP contribution is -2.13. The van der Waals surface area contributed by atoms with Gasteiger partial charge in [0.25, 0.3) is 0 Å². The summed E-state index contributed by atoms with van der Waals surface area (Å²) in [5.74, 6) is 0. The van der Waals surface area contributed by atoms with Crippen molar-refractivity contribution in [2.75, 3.05) is 0 Å². The van der Waals surface area contributed by atoms with Crippen LogP contribution in [0.5, 0.6) is 0 Å². The first kappa shape index (κ1) is 6.48. The van der Waals surface area contributed by atoms with Crippen molar-refractivity contribution in [2.24, 2.45) is 0 Å². The Morgan fingerprint density at radius 3 is 3.22 bits per heavy atom. The molecule has 0 saturated heterocycles. The maximum absolute atomic E-state index is 3.93. The Kier molecular flexibility index (Phi) is 2.44. The highest BCUT2D eigenvalue weighted by molar-refractivity contribution is 6.52. The molecule has 1 heterocycles. The van der Waals surface area contributed by atoms with Gasteiger partial charge >= 0.3 is 0 Å². The van der Waals surface area contributed by atoms with Crippen molar-refractivity contribution in [3.8, 4) is 0 Å². The highest BCUT2D eigenvalue weighted by atomic mass is 28.2. The molecule has 1 N–H and O–H groups in total. The van der Waals surface area contributed by atoms with Crippen LogP contribution < -0.4 is 5.32 Å². The molecule has 1 rings (SSSR count). The summed E-state index contributed by atoms with van der Waals surface area (Å²) in [6, 6.07) is 1.23. The van der Waals surface area contributed by atoms with E-state index < -0.39 is 0 Å². The Labute approximate surface area is 56.7 Å². The van der Waals surface area contributed by atoms with Crippen LogP contribution in [0.15, 0.2) is 6.20 Å². The van der Waals surface area contributed by atoms with Crippen LogP contribution in [0.25, 0.3) is 0 Å². The lowest BCUT2D eigenvalue weighted by atomic mass is 10.6. The molecule has 0 fully saturated rings. The SMILES string of the molecule is CCC[Si]c1cn[nH]n1. The van der Waals surface area contributed by atoms with Gasteiger partial charge in [-0.15, -0.1) is 0 Å². The van der Waals surface area contributed by atoms with Crippen LogP contribution in [0.4, 0.5) is 0 Å². The fraction of sp³-hybridized carbons (Fsp3) is 0.600. The first-order chi connectivity index (χ1) is 4.43. The number of H-pyrrole nitrogens is 1. The molecule has 0 aliphatic heterocycles. The molecule has 0 aliphatic carbocycles. The number of rotatable bonds is 3. The smallest absolute Gasteiger partial charge is 0.112 e. The zero-order valence-corrected chi connectivity index (χ0v) is 6.39. The molecule has 3 nitrogen and oxygen atoms in total. The van der Waals surface area contributed by atoms with Gasteiger partial charge in [0.05, 0.1) is 11.5 Å². The fourth-order valence-electron chi connectivity index (χ4n) is 0.540. The summed E-state index contributed by atoms with van der Waals surface area (Å²) in [4.78, 5) is 0. The number of nitrogens with zero attached hydrogens (tertiary/aromatic N) is 2. The highest BCUT2D eigenvalue weighted by Gasteiger charge is 1.93. The molecule has 2 radical (unpaired) electrons. The zero-order chi connectivity index (χ0) is 6.53. The molecule has 0 amide bonds. The van der Waals surface area contributed by atoms with Gasteiger partial charge in [-0.2, -0.15) is 15.4 Å². The molecule has 48 valence electrons. The average molecular weight is 139 g/mol. The molecule has 0 unspecified atom stereocenters. The van der Waals surface area contributed by atoms with Crippen LogP contribution >= 0.6 is 0 Å². The quantitative estimate of drug-likeness (QED) is 0.597. The summed E-state index contributed by atoms with van der Waals surface area (Å²) < 4.78 is 0. The maximum Gasteiger partial charge on any atom is 0.112 e. The lowest BCUT2D eigenvalue weighted by Gasteiger charge is -1.85. The van der Waals surface area contributed by atoms with Gasteiger partial charge in [0.2, 0.25) is 0 Å². The Balaban J connectivity index is 2.30. The minimum absolute atomic E-state index is 0.824. The number of aromatic amines is 1. The second-order valence-electron chi connectivity index (χ2n) is 1.78. The summed E-state index contributed by atoms with van der Waals surface area (Å²) in [5.41, 5.74) is 0. The van der Waals surface area contributed by atoms with Crippen molar-refractivity contribution >= 4 is 14.8 Å². The van der Waals surface area contributed by atoms with Crippen molar-refractivity contribution < 1.29 is 0 Å². The molecule has 0 bridgehead atoms. The number of hydrogen-bond acceptors (Lipinski definition) is 2. The van der Waals surface area contributed by atoms with Crippen molar-refractivity contribution in [1.29, 1.82) is 0 Å². The third kappa shape index (κ3) is 1.97. The highest BCUT2D eigenvalue weighted by Crippen LogP contribution is 1.82. The van der Waals surface area contributed by atoms with E-state index in [9.17, 15) is 0 Å². The van der Waals surface area contributed by atoms with Gasteiger partial charge in [0.1, 0.15) is 9.52 Å². The van der Waals surface area contributed by atoms with E-state index in [0.717, 1.165) is 14.8 Å². The van der Waals surface area contributed by atoms with Gasteiger partial charge in [0.15, 0.2) is 0 Å². The number of aromatic nitrogens is 3. The third-order valence-corrected chi connectivity index (χ3v) is 2.32. The standard InChI is InChI=1S/C5H9N3Si/c1-2-3-9-5-4-6-8-7-5/h4H,2-3H2,1H3,(H,6,7,8). The van der Waals surface area contributed by atoms with Crippen LogP contribution in [0.2, 0.25) is 6.04 Å². The minimum Gasteiger partial charge on any atom is -0.198 e. The number of hydrogen-bond donors (Lipinski definition) is 1. The molecular weight excluding hydrogens is 130 g/mol. The van der Waals surface area contributed by atoms with Gasteiger partial charge in [-0.1, -0.05) is 19.4 Å². The molecule has 9 heavy (non-hydrogen) atoms. The molecule has 1 aromatic heterocycles. The zero-order valence-electron chi connectivity index (χ0n) is 5.39. The Morgan fingerprint density at radius 1 is 1.78 bits per heavy atom. The molecule has 0 saturated carbocycles. The molecule has 0 spiro atoms. The van der Waals surface area contributed by atoms with Crippen molar-refractivity contribution in [3.05, 3.63) is 6.20 Å². The van der Waals surface area contributed by atoms with E-state index >= 15 is 0 Å². The summed E-state index contributed by atoms with van der Waals surface area (Å²) in [6.07, 6.45) is 3.01. The van der Waals surface area contributed by atoms with Crippen LogP contribution in [0.3, 0.4) is 0 Å². The largest absolute Gasteiger partial charge is 0.198 e. The van der Waals surface area contributed by atoms with Crippen LogP contribution in [0.1, 0.15) is 13.3 Å². The first-order valence-corrected chi connectivity index (χ1v) is 4.24.